The van der Waals surface area contributed by atoms with Crippen LogP contribution in [-0.2, 0) is 0 Å². The van der Waals surface area contributed by atoms with Crippen LogP contribution in [0.25, 0.3) is 11.0 Å². The number of benzene rings is 1. The first-order chi connectivity index (χ1) is 11.1. The molecule has 0 fully saturated rings. The van der Waals surface area contributed by atoms with E-state index in [0.29, 0.717) is 5.56 Å². The van der Waals surface area contributed by atoms with Crippen molar-refractivity contribution in [2.24, 2.45) is 0 Å². The number of nitrogens with one attached hydrogen (secondary N) is 1. The summed E-state index contributed by atoms with van der Waals surface area (Å²) in [5.74, 6) is -0.472. The van der Waals surface area contributed by atoms with Gasteiger partial charge < -0.3 is 14.6 Å². The van der Waals surface area contributed by atoms with Crippen molar-refractivity contribution in [1.82, 2.24) is 4.73 Å². The molecule has 0 aliphatic rings. The third-order valence-electron chi connectivity index (χ3n) is 3.25. The van der Waals surface area contributed by atoms with Gasteiger partial charge in [-0.3, -0.25) is 9.59 Å². The van der Waals surface area contributed by atoms with Crippen LogP contribution >= 0.6 is 0 Å². The molecule has 0 aliphatic heterocycles. The van der Waals surface area contributed by atoms with Crippen molar-refractivity contribution in [2.45, 2.75) is 0 Å². The number of hydrogen-bond acceptors (Lipinski definition) is 5. The molecule has 2 heterocycles. The fourth-order valence-corrected chi connectivity index (χ4v) is 2.11. The lowest BCUT2D eigenvalue weighted by Gasteiger charge is -2.06. The van der Waals surface area contributed by atoms with Gasteiger partial charge in [0.2, 0.25) is 0 Å². The number of nitrogens with zero attached hydrogens (tertiary/aromatic N) is 1. The Morgan fingerprint density at radius 3 is 2.61 bits per heavy atom. The molecule has 1 aromatic carbocycles. The first kappa shape index (κ1) is 14.6. The summed E-state index contributed by atoms with van der Waals surface area (Å²) < 4.78 is 6.06. The Kier molecular flexibility index (Phi) is 3.68. The summed E-state index contributed by atoms with van der Waals surface area (Å²) in [6, 6.07) is 11.1. The van der Waals surface area contributed by atoms with Crippen LogP contribution in [0.15, 0.2) is 62.7 Å². The predicted molar refractivity (Wildman–Crippen MR) is 83.6 cm³/mol. The number of fused-ring (bicyclic) bond motifs is 1. The van der Waals surface area contributed by atoms with Gasteiger partial charge in [0.15, 0.2) is 0 Å². The van der Waals surface area contributed by atoms with Gasteiger partial charge in [0.25, 0.3) is 11.5 Å². The highest BCUT2D eigenvalue weighted by Crippen LogP contribution is 2.12. The number of rotatable bonds is 3. The minimum absolute atomic E-state index is 0.114. The van der Waals surface area contributed by atoms with Gasteiger partial charge in [0, 0.05) is 11.6 Å². The quantitative estimate of drug-likeness (QED) is 0.786. The fraction of sp³-hybridized carbons (Fsp3) is 0.0625. The van der Waals surface area contributed by atoms with E-state index in [1.165, 1.54) is 25.4 Å². The number of pyridine rings is 1. The Morgan fingerprint density at radius 2 is 1.91 bits per heavy atom. The van der Waals surface area contributed by atoms with Crippen molar-refractivity contribution in [3.05, 3.63) is 75.0 Å². The van der Waals surface area contributed by atoms with Crippen LogP contribution < -0.4 is 21.3 Å². The monoisotopic (exact) mass is 312 g/mol. The average Bonchev–Trinajstić information content (AvgIpc) is 2.57. The number of hydrogen-bond donors (Lipinski definition) is 1. The second-order valence-electron chi connectivity index (χ2n) is 4.67. The second kappa shape index (κ2) is 5.80. The van der Waals surface area contributed by atoms with Gasteiger partial charge in [-0.15, -0.1) is 0 Å². The molecule has 0 bridgehead atoms. The molecule has 0 radical (unpaired) electrons. The van der Waals surface area contributed by atoms with E-state index in [9.17, 15) is 14.4 Å². The Hall–Kier alpha value is -3.35. The van der Waals surface area contributed by atoms with Gasteiger partial charge in [0.05, 0.1) is 11.6 Å². The molecule has 1 amide bonds. The minimum Gasteiger partial charge on any atom is -0.421 e. The van der Waals surface area contributed by atoms with Crippen LogP contribution in [0, 0.1) is 0 Å². The Balaban J connectivity index is 2.06. The summed E-state index contributed by atoms with van der Waals surface area (Å²) in [5, 5.41) is 2.57. The first-order valence-corrected chi connectivity index (χ1v) is 6.70. The van der Waals surface area contributed by atoms with Gasteiger partial charge in [-0.05, 0) is 18.2 Å². The number of amides is 1. The highest BCUT2D eigenvalue weighted by Gasteiger charge is 2.13. The number of aromatic nitrogens is 1. The Bertz CT molecular complexity index is 989. The molecule has 0 spiro atoms. The zero-order chi connectivity index (χ0) is 16.4. The largest absolute Gasteiger partial charge is 0.421 e. The van der Waals surface area contributed by atoms with Gasteiger partial charge >= 0.3 is 5.63 Å². The first-order valence-electron chi connectivity index (χ1n) is 6.70. The molecule has 7 nitrogen and oxygen atoms in total. The summed E-state index contributed by atoms with van der Waals surface area (Å²) >= 11 is 0. The zero-order valence-corrected chi connectivity index (χ0v) is 12.1. The second-order valence-corrected chi connectivity index (χ2v) is 4.67. The SMILES string of the molecule is COn1ccc2oc(=O)c(NC(=O)c3ccccc3)cc2c1=O. The highest BCUT2D eigenvalue weighted by molar-refractivity contribution is 6.04. The van der Waals surface area contributed by atoms with Crippen molar-refractivity contribution in [3.8, 4) is 0 Å². The van der Waals surface area contributed by atoms with Crippen molar-refractivity contribution >= 4 is 22.6 Å². The van der Waals surface area contributed by atoms with E-state index in [-0.39, 0.29) is 16.7 Å². The highest BCUT2D eigenvalue weighted by atomic mass is 16.6. The van der Waals surface area contributed by atoms with Crippen molar-refractivity contribution < 1.29 is 14.0 Å². The smallest absolute Gasteiger partial charge is 0.360 e. The summed E-state index contributed by atoms with van der Waals surface area (Å²) in [6.07, 6.45) is 1.34. The number of anilines is 1. The molecule has 3 aromatic rings. The number of carbonyl (C=O) groups is 1. The van der Waals surface area contributed by atoms with Crippen molar-refractivity contribution in [3.63, 3.8) is 0 Å². The van der Waals surface area contributed by atoms with Crippen LogP contribution in [0.5, 0.6) is 0 Å². The Morgan fingerprint density at radius 1 is 1.17 bits per heavy atom. The molecule has 3 rings (SSSR count). The molecule has 116 valence electrons. The van der Waals surface area contributed by atoms with Crippen LogP contribution in [0.3, 0.4) is 0 Å². The van der Waals surface area contributed by atoms with Crippen molar-refractivity contribution in [1.29, 1.82) is 0 Å². The summed E-state index contributed by atoms with van der Waals surface area (Å²) in [4.78, 5) is 41.1. The van der Waals surface area contributed by atoms with Gasteiger partial charge in [-0.25, -0.2) is 4.79 Å². The van der Waals surface area contributed by atoms with Crippen LogP contribution in [-0.4, -0.2) is 17.7 Å². The van der Waals surface area contributed by atoms with E-state index in [2.05, 4.69) is 5.32 Å². The molecule has 23 heavy (non-hydrogen) atoms. The van der Waals surface area contributed by atoms with Gasteiger partial charge in [-0.2, -0.15) is 4.73 Å². The van der Waals surface area contributed by atoms with E-state index in [4.69, 9.17) is 9.25 Å². The summed E-state index contributed by atoms with van der Waals surface area (Å²) in [6.45, 7) is 0. The van der Waals surface area contributed by atoms with Crippen molar-refractivity contribution in [2.75, 3.05) is 12.4 Å². The summed E-state index contributed by atoms with van der Waals surface area (Å²) in [7, 11) is 1.34. The molecule has 1 N–H and O–H groups in total. The molecule has 7 heteroatoms. The van der Waals surface area contributed by atoms with E-state index < -0.39 is 17.1 Å². The molecule has 0 aliphatic carbocycles. The maximum absolute atomic E-state index is 12.1. The van der Waals surface area contributed by atoms with Crippen LogP contribution in [0.2, 0.25) is 0 Å². The lowest BCUT2D eigenvalue weighted by Crippen LogP contribution is -2.25. The van der Waals surface area contributed by atoms with Gasteiger partial charge in [0.1, 0.15) is 18.4 Å². The molecule has 0 unspecified atom stereocenters. The fourth-order valence-electron chi connectivity index (χ4n) is 2.11. The predicted octanol–water partition coefficient (Wildman–Crippen LogP) is 1.27. The minimum atomic E-state index is -0.739. The maximum atomic E-state index is 12.1. The molecular formula is C16H12N2O5. The lowest BCUT2D eigenvalue weighted by molar-refractivity contribution is 0.102. The van der Waals surface area contributed by atoms with E-state index in [1.54, 1.807) is 30.3 Å². The van der Waals surface area contributed by atoms with E-state index >= 15 is 0 Å². The number of carbonyl (C=O) groups excluding carboxylic acids is 1. The molecular weight excluding hydrogens is 300 g/mol. The van der Waals surface area contributed by atoms with Crippen LogP contribution in [0.1, 0.15) is 10.4 Å². The normalized spacial score (nSPS) is 10.5. The molecule has 0 saturated heterocycles. The molecule has 0 saturated carbocycles. The van der Waals surface area contributed by atoms with E-state index in [0.717, 1.165) is 4.73 Å². The van der Waals surface area contributed by atoms with Crippen LogP contribution in [0.4, 0.5) is 5.69 Å². The maximum Gasteiger partial charge on any atom is 0.360 e. The third-order valence-corrected chi connectivity index (χ3v) is 3.25. The topological polar surface area (TPSA) is 90.5 Å². The zero-order valence-electron chi connectivity index (χ0n) is 12.1. The average molecular weight is 312 g/mol. The van der Waals surface area contributed by atoms with Gasteiger partial charge in [-0.1, -0.05) is 18.2 Å². The Labute approximate surface area is 129 Å². The summed E-state index contributed by atoms with van der Waals surface area (Å²) in [5.41, 5.74) is -0.849. The third kappa shape index (κ3) is 2.71. The molecule has 2 aromatic heterocycles. The standard InChI is InChI=1S/C16H12N2O5/c1-22-18-8-7-13-11(15(18)20)9-12(16(21)23-13)17-14(19)10-5-3-2-4-6-10/h2-9H,1H3,(H,17,19). The van der Waals surface area contributed by atoms with E-state index in [1.807, 2.05) is 0 Å². The lowest BCUT2D eigenvalue weighted by atomic mass is 10.2. The molecule has 0 atom stereocenters.